The monoisotopic (exact) mass is 428 g/mol. The predicted molar refractivity (Wildman–Crippen MR) is 114 cm³/mol. The summed E-state index contributed by atoms with van der Waals surface area (Å²) in [5.41, 5.74) is 2.20. The van der Waals surface area contributed by atoms with E-state index in [2.05, 4.69) is 22.1 Å². The van der Waals surface area contributed by atoms with Gasteiger partial charge in [0.25, 0.3) is 5.91 Å². The quantitative estimate of drug-likeness (QED) is 0.787. The van der Waals surface area contributed by atoms with Crippen LogP contribution in [0.2, 0.25) is 0 Å². The van der Waals surface area contributed by atoms with Crippen LogP contribution in [-0.2, 0) is 11.3 Å². The van der Waals surface area contributed by atoms with E-state index in [-0.39, 0.29) is 17.7 Å². The third kappa shape index (κ3) is 4.79. The molecule has 1 aliphatic carbocycles. The lowest BCUT2D eigenvalue weighted by Crippen LogP contribution is -2.54. The van der Waals surface area contributed by atoms with Gasteiger partial charge in [-0.3, -0.25) is 14.5 Å². The number of rotatable bonds is 5. The summed E-state index contributed by atoms with van der Waals surface area (Å²) < 4.78 is 19.2. The van der Waals surface area contributed by atoms with Crippen LogP contribution in [-0.4, -0.2) is 52.3 Å². The summed E-state index contributed by atoms with van der Waals surface area (Å²) in [4.78, 5) is 33.2. The number of oxazole rings is 1. The molecule has 1 N–H and O–H groups in total. The fraction of sp³-hybridized carbons (Fsp3) is 0.522. The molecule has 1 aromatic carbocycles. The molecule has 4 rings (SSSR count). The minimum absolute atomic E-state index is 0.127. The Bertz CT molecular complexity index is 941. The Morgan fingerprint density at radius 1 is 1.26 bits per heavy atom. The van der Waals surface area contributed by atoms with Crippen molar-refractivity contribution in [1.82, 2.24) is 14.8 Å². The first-order valence-electron chi connectivity index (χ1n) is 10.9. The molecule has 2 amide bonds. The van der Waals surface area contributed by atoms with Crippen LogP contribution in [0.15, 0.2) is 29.2 Å². The van der Waals surface area contributed by atoms with Gasteiger partial charge in [0.05, 0.1) is 0 Å². The van der Waals surface area contributed by atoms with Crippen LogP contribution in [0.1, 0.15) is 54.2 Å². The summed E-state index contributed by atoms with van der Waals surface area (Å²) in [7, 11) is 0. The average Bonchev–Trinajstić information content (AvgIpc) is 3.45. The van der Waals surface area contributed by atoms with Crippen molar-refractivity contribution in [3.8, 4) is 0 Å². The molecule has 31 heavy (non-hydrogen) atoms. The van der Waals surface area contributed by atoms with Gasteiger partial charge in [-0.15, -0.1) is 0 Å². The van der Waals surface area contributed by atoms with Gasteiger partial charge in [-0.1, -0.05) is 12.8 Å². The maximum Gasteiger partial charge on any atom is 0.277 e. The van der Waals surface area contributed by atoms with E-state index in [1.165, 1.54) is 24.8 Å². The molecule has 1 saturated carbocycles. The molecule has 2 aliphatic rings. The molecule has 0 bridgehead atoms. The van der Waals surface area contributed by atoms with Crippen molar-refractivity contribution in [3.63, 3.8) is 0 Å². The molecule has 166 valence electrons. The number of hydrogen-bond donors (Lipinski definition) is 1. The van der Waals surface area contributed by atoms with E-state index in [4.69, 9.17) is 4.42 Å². The summed E-state index contributed by atoms with van der Waals surface area (Å²) in [5, 5.41) is 2.72. The Morgan fingerprint density at radius 2 is 2.03 bits per heavy atom. The first-order chi connectivity index (χ1) is 14.9. The molecule has 2 fully saturated rings. The fourth-order valence-electron chi connectivity index (χ4n) is 4.69. The highest BCUT2D eigenvalue weighted by Crippen LogP contribution is 2.29. The maximum atomic E-state index is 14.3. The predicted octanol–water partition coefficient (Wildman–Crippen LogP) is 3.60. The lowest BCUT2D eigenvalue weighted by atomic mass is 10.0. The zero-order valence-electron chi connectivity index (χ0n) is 18.1. The summed E-state index contributed by atoms with van der Waals surface area (Å²) in [5.74, 6) is -0.361. The molecule has 7 nitrogen and oxygen atoms in total. The van der Waals surface area contributed by atoms with Crippen LogP contribution in [0.5, 0.6) is 0 Å². The second-order valence-corrected chi connectivity index (χ2v) is 8.66. The van der Waals surface area contributed by atoms with Crippen molar-refractivity contribution in [2.75, 3.05) is 25.0 Å². The summed E-state index contributed by atoms with van der Waals surface area (Å²) in [6.45, 7) is 6.71. The van der Waals surface area contributed by atoms with E-state index in [1.807, 2.05) is 11.8 Å². The molecule has 1 aromatic heterocycles. The number of anilines is 1. The highest BCUT2D eigenvalue weighted by atomic mass is 19.1. The SMILES string of the molecule is Cc1c(CN2CCN(C(=O)C3CCCC3)C(C)C2)cc(F)cc1NC(=O)c1cocn1. The number of carbonyl (C=O) groups excluding carboxylic acids is 2. The molecule has 1 atom stereocenters. The van der Waals surface area contributed by atoms with Crippen molar-refractivity contribution in [3.05, 3.63) is 47.4 Å². The van der Waals surface area contributed by atoms with E-state index in [0.717, 1.165) is 49.9 Å². The number of piperazine rings is 1. The van der Waals surface area contributed by atoms with Gasteiger partial charge in [-0.2, -0.15) is 0 Å². The summed E-state index contributed by atoms with van der Waals surface area (Å²) in [6, 6.07) is 2.96. The maximum absolute atomic E-state index is 14.3. The standard InChI is InChI=1S/C23H29FN4O3/c1-15-11-27(7-8-28(15)23(30)17-5-3-4-6-17)12-18-9-19(24)10-20(16(18)2)26-22(29)21-13-31-14-25-21/h9-10,13-15,17H,3-8,11-12H2,1-2H3,(H,26,29). The van der Waals surface area contributed by atoms with Crippen LogP contribution >= 0.6 is 0 Å². The lowest BCUT2D eigenvalue weighted by Gasteiger charge is -2.41. The number of nitrogens with zero attached hydrogens (tertiary/aromatic N) is 3. The number of hydrogen-bond acceptors (Lipinski definition) is 5. The Kier molecular flexibility index (Phi) is 6.36. The zero-order valence-corrected chi connectivity index (χ0v) is 18.1. The molecule has 2 aromatic rings. The lowest BCUT2D eigenvalue weighted by molar-refractivity contribution is -0.140. The number of benzene rings is 1. The molecular weight excluding hydrogens is 399 g/mol. The summed E-state index contributed by atoms with van der Waals surface area (Å²) >= 11 is 0. The van der Waals surface area contributed by atoms with Crippen LogP contribution in [0.4, 0.5) is 10.1 Å². The number of halogens is 1. The van der Waals surface area contributed by atoms with Crippen molar-refractivity contribution in [2.45, 2.75) is 52.1 Å². The molecular formula is C23H29FN4O3. The molecule has 1 unspecified atom stereocenters. The molecule has 1 aliphatic heterocycles. The van der Waals surface area contributed by atoms with E-state index >= 15 is 0 Å². The van der Waals surface area contributed by atoms with Gasteiger partial charge in [0.15, 0.2) is 12.1 Å². The Morgan fingerprint density at radius 3 is 2.71 bits per heavy atom. The van der Waals surface area contributed by atoms with E-state index in [9.17, 15) is 14.0 Å². The van der Waals surface area contributed by atoms with Crippen molar-refractivity contribution >= 4 is 17.5 Å². The molecule has 8 heteroatoms. The van der Waals surface area contributed by atoms with Gasteiger partial charge in [0.1, 0.15) is 12.1 Å². The number of amides is 2. The normalized spacial score (nSPS) is 20.2. The minimum atomic E-state index is -0.443. The van der Waals surface area contributed by atoms with Gasteiger partial charge in [0.2, 0.25) is 5.91 Å². The molecule has 0 spiro atoms. The second kappa shape index (κ2) is 9.18. The largest absolute Gasteiger partial charge is 0.451 e. The minimum Gasteiger partial charge on any atom is -0.451 e. The smallest absolute Gasteiger partial charge is 0.277 e. The highest BCUT2D eigenvalue weighted by Gasteiger charge is 2.33. The third-order valence-electron chi connectivity index (χ3n) is 6.49. The molecule has 2 heterocycles. The zero-order chi connectivity index (χ0) is 22.0. The van der Waals surface area contributed by atoms with Gasteiger partial charge in [-0.25, -0.2) is 9.37 Å². The Balaban J connectivity index is 1.42. The van der Waals surface area contributed by atoms with Gasteiger partial charge in [-0.05, 0) is 49.9 Å². The van der Waals surface area contributed by atoms with Crippen LogP contribution in [0.3, 0.4) is 0 Å². The van der Waals surface area contributed by atoms with Gasteiger partial charge in [0, 0.05) is 43.8 Å². The van der Waals surface area contributed by atoms with E-state index in [1.54, 1.807) is 0 Å². The first-order valence-corrected chi connectivity index (χ1v) is 10.9. The third-order valence-corrected chi connectivity index (χ3v) is 6.49. The van der Waals surface area contributed by atoms with E-state index in [0.29, 0.717) is 24.7 Å². The second-order valence-electron chi connectivity index (χ2n) is 8.66. The van der Waals surface area contributed by atoms with Gasteiger partial charge >= 0.3 is 0 Å². The first kappa shape index (κ1) is 21.5. The summed E-state index contributed by atoms with van der Waals surface area (Å²) in [6.07, 6.45) is 6.75. The van der Waals surface area contributed by atoms with Gasteiger partial charge < -0.3 is 14.6 Å². The Labute approximate surface area is 181 Å². The number of nitrogens with one attached hydrogen (secondary N) is 1. The average molecular weight is 429 g/mol. The fourth-order valence-corrected chi connectivity index (χ4v) is 4.69. The number of carbonyl (C=O) groups is 2. The van der Waals surface area contributed by atoms with Crippen LogP contribution < -0.4 is 5.32 Å². The van der Waals surface area contributed by atoms with Crippen LogP contribution in [0, 0.1) is 18.7 Å². The highest BCUT2D eigenvalue weighted by molar-refractivity contribution is 6.03. The van der Waals surface area contributed by atoms with E-state index < -0.39 is 11.7 Å². The number of aromatic nitrogens is 1. The topological polar surface area (TPSA) is 78.7 Å². The Hall–Kier alpha value is -2.74. The molecule has 1 saturated heterocycles. The van der Waals surface area contributed by atoms with Crippen LogP contribution in [0.25, 0.3) is 0 Å². The molecule has 0 radical (unpaired) electrons. The van der Waals surface area contributed by atoms with Crippen molar-refractivity contribution < 1.29 is 18.4 Å². The van der Waals surface area contributed by atoms with Crippen molar-refractivity contribution in [1.29, 1.82) is 0 Å². The van der Waals surface area contributed by atoms with Crippen molar-refractivity contribution in [2.24, 2.45) is 5.92 Å².